The first kappa shape index (κ1) is 38.0. The summed E-state index contributed by atoms with van der Waals surface area (Å²) in [4.78, 5) is 79.4. The number of aldehydes is 2. The van der Waals surface area contributed by atoms with Crippen LogP contribution in [0.2, 0.25) is 0 Å². The molecule has 2 aromatic rings. The number of ether oxygens (including phenoxy) is 1. The number of carbonyl (C=O) groups excluding carboxylic acids is 2. The van der Waals surface area contributed by atoms with Gasteiger partial charge in [0.1, 0.15) is 6.10 Å². The summed E-state index contributed by atoms with van der Waals surface area (Å²) in [5, 5.41) is 0. The molecule has 0 saturated carbocycles. The summed E-state index contributed by atoms with van der Waals surface area (Å²) in [5.41, 5.74) is 4.24. The Hall–Kier alpha value is 0.860. The Morgan fingerprint density at radius 3 is 2.17 bits per heavy atom. The number of phosphoric acid groups is 3. The number of imidazole rings is 1. The van der Waals surface area contributed by atoms with Crippen molar-refractivity contribution in [3.63, 3.8) is 0 Å². The molecule has 0 saturated heterocycles. The van der Waals surface area contributed by atoms with Crippen molar-refractivity contribution in [1.29, 1.82) is 0 Å². The maximum absolute atomic E-state index is 11.8. The van der Waals surface area contributed by atoms with Crippen LogP contribution >= 0.6 is 23.5 Å². The maximum Gasteiger partial charge on any atom is 0.490 e. The van der Waals surface area contributed by atoms with Gasteiger partial charge < -0.3 is 34.8 Å². The molecule has 0 aliphatic rings. The van der Waals surface area contributed by atoms with Gasteiger partial charge in [-0.15, -0.1) is 0 Å². The average molecular weight is 590 g/mol. The minimum Gasteiger partial charge on any atom is -0.369 e. The average Bonchev–Trinajstić information content (AvgIpc) is 3.03. The monoisotopic (exact) mass is 590 g/mol. The zero-order valence-corrected chi connectivity index (χ0v) is 26.9. The summed E-state index contributed by atoms with van der Waals surface area (Å²) in [6.45, 7) is -1.15. The minimum absolute atomic E-state index is 0. The largest absolute Gasteiger partial charge is 0.490 e. The quantitative estimate of drug-likeness (QED) is 0.0825. The van der Waals surface area contributed by atoms with Gasteiger partial charge >= 0.3 is 23.5 Å². The van der Waals surface area contributed by atoms with Gasteiger partial charge in [-0.05, 0) is 0 Å². The number of rotatable bonds is 12. The molecule has 181 valence electrons. The number of phosphoric ester groups is 1. The topological polar surface area (TPSA) is 293 Å². The number of H-pyrrole nitrogens is 1. The third kappa shape index (κ3) is 12.1. The number of aromatic amines is 1. The molecule has 0 fully saturated rings. The fourth-order valence-corrected chi connectivity index (χ4v) is 5.08. The molecule has 0 spiro atoms. The van der Waals surface area contributed by atoms with E-state index >= 15 is 0 Å². The zero-order valence-electron chi connectivity index (χ0n) is 18.2. The molecule has 3 radical (unpaired) electrons. The molecule has 2 rings (SSSR count). The van der Waals surface area contributed by atoms with E-state index < -0.39 is 48.0 Å². The second kappa shape index (κ2) is 15.5. The summed E-state index contributed by atoms with van der Waals surface area (Å²) < 4.78 is 50.8. The van der Waals surface area contributed by atoms with Gasteiger partial charge in [-0.2, -0.15) is 13.6 Å². The van der Waals surface area contributed by atoms with Crippen LogP contribution in [0.15, 0.2) is 11.1 Å². The van der Waals surface area contributed by atoms with Gasteiger partial charge in [0.05, 0.1) is 12.9 Å². The van der Waals surface area contributed by atoms with Crippen molar-refractivity contribution in [2.75, 3.05) is 12.3 Å². The van der Waals surface area contributed by atoms with E-state index in [-0.39, 0.29) is 118 Å². The predicted octanol–water partition coefficient (Wildman–Crippen LogP) is -2.82. The van der Waals surface area contributed by atoms with E-state index in [0.717, 1.165) is 10.9 Å². The number of carbonyl (C=O) groups is 2. The van der Waals surface area contributed by atoms with Crippen molar-refractivity contribution < 1.29 is 60.7 Å². The second-order valence-corrected chi connectivity index (χ2v) is 9.92. The summed E-state index contributed by atoms with van der Waals surface area (Å²) >= 11 is 0. The van der Waals surface area contributed by atoms with Crippen LogP contribution in [0.1, 0.15) is 6.23 Å². The number of nitrogens with two attached hydrogens (primary N) is 1. The maximum atomic E-state index is 11.8. The van der Waals surface area contributed by atoms with Gasteiger partial charge in [0.25, 0.3) is 5.56 Å². The van der Waals surface area contributed by atoms with Crippen molar-refractivity contribution in [1.82, 2.24) is 19.5 Å². The molecule has 35 heavy (non-hydrogen) atoms. The van der Waals surface area contributed by atoms with Gasteiger partial charge in [-0.25, -0.2) is 18.7 Å². The molecule has 0 aromatic carbocycles. The van der Waals surface area contributed by atoms with Crippen LogP contribution in [0, 0.1) is 0 Å². The van der Waals surface area contributed by atoms with Crippen molar-refractivity contribution in [2.24, 2.45) is 0 Å². The Labute approximate surface area is 260 Å². The minimum atomic E-state index is -5.77. The molecule has 0 aliphatic carbocycles. The number of nitrogens with zero attached hydrogens (tertiary/aromatic N) is 3. The molecular formula is C10H14N5Na3O14P3. The Bertz CT molecular complexity index is 1220. The van der Waals surface area contributed by atoms with Gasteiger partial charge in [0.15, 0.2) is 30.0 Å². The Morgan fingerprint density at radius 2 is 1.66 bits per heavy atom. The smallest absolute Gasteiger partial charge is 0.369 e. The fourth-order valence-electron chi connectivity index (χ4n) is 2.05. The van der Waals surface area contributed by atoms with Gasteiger partial charge in [0.2, 0.25) is 5.95 Å². The molecule has 0 aliphatic heterocycles. The van der Waals surface area contributed by atoms with Crippen LogP contribution in [-0.2, 0) is 41.2 Å². The molecule has 7 N–H and O–H groups in total. The number of nitrogens with one attached hydrogen (secondary N) is 1. The van der Waals surface area contributed by atoms with Gasteiger partial charge in [-0.3, -0.25) is 23.7 Å². The van der Waals surface area contributed by atoms with Crippen molar-refractivity contribution in [2.45, 2.75) is 12.3 Å². The number of fused-ring (bicyclic) bond motifs is 1. The molecule has 4 atom stereocenters. The van der Waals surface area contributed by atoms with Crippen LogP contribution in [0.3, 0.4) is 0 Å². The second-order valence-electron chi connectivity index (χ2n) is 5.50. The van der Waals surface area contributed by atoms with Crippen molar-refractivity contribution >= 4 is 142 Å². The third-order valence-corrected chi connectivity index (χ3v) is 6.93. The van der Waals surface area contributed by atoms with Crippen LogP contribution < -0.4 is 11.3 Å². The van der Waals surface area contributed by atoms with E-state index in [1.54, 1.807) is 0 Å². The SMILES string of the molecule is Nc1nc2c(ncn2C(C=O)OC(C=O)COP(=O)(O)OP(=O)(O)OP(=O)(O)O)c(=O)[nH]1.[Na].[Na].[Na]. The van der Waals surface area contributed by atoms with Crippen LogP contribution in [0.4, 0.5) is 5.95 Å². The Morgan fingerprint density at radius 1 is 1.06 bits per heavy atom. The van der Waals surface area contributed by atoms with Crippen molar-refractivity contribution in [3.05, 3.63) is 16.7 Å². The van der Waals surface area contributed by atoms with Crippen LogP contribution in [-0.4, -0.2) is 153 Å². The number of nitrogen functional groups attached to an aromatic ring is 1. The molecule has 2 heterocycles. The summed E-state index contributed by atoms with van der Waals surface area (Å²) in [6, 6.07) is 0. The standard InChI is InChI=1S/C10H14N5O14P3.3Na/c11-10-13-8-7(9(18)14-10)12-4-15(8)6(2-17)27-5(1-16)3-26-31(22,23)29-32(24,25)28-30(19,20)21;;;/h1-2,4-6H,3H2,(H,22,23)(H,24,25)(H2,19,20,21)(H3,11,13,14,18);;;. The normalized spacial score (nSPS) is 16.3. The number of hydrogen-bond donors (Lipinski definition) is 6. The summed E-state index contributed by atoms with van der Waals surface area (Å²) in [6.07, 6.45) is -2.35. The van der Waals surface area contributed by atoms with E-state index in [0.29, 0.717) is 0 Å². The first-order chi connectivity index (χ1) is 14.7. The molecule has 0 bridgehead atoms. The van der Waals surface area contributed by atoms with Gasteiger partial charge in [0, 0.05) is 88.7 Å². The van der Waals surface area contributed by atoms with E-state index in [9.17, 15) is 33.0 Å². The Balaban J connectivity index is 0. The summed E-state index contributed by atoms with van der Waals surface area (Å²) in [5.74, 6) is -0.325. The van der Waals surface area contributed by atoms with Gasteiger partial charge in [-0.1, -0.05) is 0 Å². The third-order valence-electron chi connectivity index (χ3n) is 3.13. The molecule has 4 unspecified atom stereocenters. The molecular weight excluding hydrogens is 576 g/mol. The first-order valence-electron chi connectivity index (χ1n) is 7.73. The molecule has 19 nitrogen and oxygen atoms in total. The van der Waals surface area contributed by atoms with E-state index in [1.807, 2.05) is 0 Å². The van der Waals surface area contributed by atoms with E-state index in [2.05, 4.69) is 28.1 Å². The van der Waals surface area contributed by atoms with E-state index in [1.165, 1.54) is 0 Å². The summed E-state index contributed by atoms with van der Waals surface area (Å²) in [7, 11) is -16.9. The number of hydrogen-bond acceptors (Lipinski definition) is 13. The molecule has 0 amide bonds. The first-order valence-corrected chi connectivity index (χ1v) is 12.3. The van der Waals surface area contributed by atoms with Crippen molar-refractivity contribution in [3.8, 4) is 0 Å². The molecule has 25 heteroatoms. The predicted molar refractivity (Wildman–Crippen MR) is 116 cm³/mol. The van der Waals surface area contributed by atoms with Crippen LogP contribution in [0.25, 0.3) is 11.2 Å². The van der Waals surface area contributed by atoms with E-state index in [4.69, 9.17) is 25.2 Å². The fraction of sp³-hybridized carbons (Fsp3) is 0.300. The molecule has 2 aromatic heterocycles. The van der Waals surface area contributed by atoms with Crippen LogP contribution in [0.5, 0.6) is 0 Å². The number of aromatic nitrogens is 4. The zero-order chi connectivity index (χ0) is 24.3. The Kier molecular flexibility index (Phi) is 16.8. The number of anilines is 1.